The minimum absolute atomic E-state index is 0.389. The SMILES string of the molecule is COc1cc2nc(NC=O)[nH]c2cc1OC. The molecule has 2 N–H and O–H groups in total. The number of amides is 1. The van der Waals surface area contributed by atoms with Crippen molar-refractivity contribution in [3.8, 4) is 11.5 Å². The Balaban J connectivity index is 2.55. The number of benzene rings is 1. The maximum Gasteiger partial charge on any atom is 0.213 e. The fourth-order valence-electron chi connectivity index (χ4n) is 1.46. The maximum atomic E-state index is 10.3. The van der Waals surface area contributed by atoms with Gasteiger partial charge < -0.3 is 14.5 Å². The standard InChI is InChI=1S/C10H11N3O3/c1-15-8-3-6-7(4-9(8)16-2)13-10(12-6)11-5-14/h3-5H,1-2H3,(H2,11,12,13,14). The molecule has 2 rings (SSSR count). The largest absolute Gasteiger partial charge is 0.493 e. The number of fused-ring (bicyclic) bond motifs is 1. The van der Waals surface area contributed by atoms with Crippen LogP contribution in [0.1, 0.15) is 0 Å². The summed E-state index contributed by atoms with van der Waals surface area (Å²) in [6, 6.07) is 3.50. The molecule has 1 aromatic carbocycles. The van der Waals surface area contributed by atoms with Gasteiger partial charge in [0.25, 0.3) is 0 Å². The number of carbonyl (C=O) groups excluding carboxylic acids is 1. The molecule has 6 heteroatoms. The van der Waals surface area contributed by atoms with Crippen molar-refractivity contribution in [1.29, 1.82) is 0 Å². The molecule has 0 aliphatic carbocycles. The highest BCUT2D eigenvalue weighted by Gasteiger charge is 2.09. The van der Waals surface area contributed by atoms with Crippen molar-refractivity contribution >= 4 is 23.4 Å². The Morgan fingerprint density at radius 2 is 2.00 bits per heavy atom. The number of methoxy groups -OCH3 is 2. The van der Waals surface area contributed by atoms with E-state index in [1.165, 1.54) is 0 Å². The monoisotopic (exact) mass is 221 g/mol. The first-order valence-corrected chi connectivity index (χ1v) is 4.60. The van der Waals surface area contributed by atoms with Crippen LogP contribution in [0.25, 0.3) is 11.0 Å². The first-order chi connectivity index (χ1) is 7.78. The lowest BCUT2D eigenvalue weighted by Crippen LogP contribution is -1.94. The van der Waals surface area contributed by atoms with E-state index in [4.69, 9.17) is 9.47 Å². The predicted molar refractivity (Wildman–Crippen MR) is 58.9 cm³/mol. The molecule has 2 aromatic rings. The lowest BCUT2D eigenvalue weighted by atomic mass is 10.3. The van der Waals surface area contributed by atoms with Gasteiger partial charge in [0.05, 0.1) is 25.3 Å². The number of aromatic amines is 1. The van der Waals surface area contributed by atoms with Crippen LogP contribution in [0.3, 0.4) is 0 Å². The Kier molecular flexibility index (Phi) is 2.63. The molecule has 0 radical (unpaired) electrons. The number of carbonyl (C=O) groups is 1. The highest BCUT2D eigenvalue weighted by atomic mass is 16.5. The molecular weight excluding hydrogens is 210 g/mol. The molecule has 0 saturated carbocycles. The smallest absolute Gasteiger partial charge is 0.213 e. The van der Waals surface area contributed by atoms with Gasteiger partial charge in [-0.05, 0) is 0 Å². The Morgan fingerprint density at radius 3 is 2.62 bits per heavy atom. The molecule has 1 amide bonds. The zero-order valence-electron chi connectivity index (χ0n) is 8.90. The predicted octanol–water partition coefficient (Wildman–Crippen LogP) is 1.15. The molecule has 0 fully saturated rings. The normalized spacial score (nSPS) is 10.1. The van der Waals surface area contributed by atoms with Gasteiger partial charge in [-0.25, -0.2) is 4.98 Å². The van der Waals surface area contributed by atoms with Gasteiger partial charge in [-0.15, -0.1) is 0 Å². The molecule has 0 saturated heterocycles. The maximum absolute atomic E-state index is 10.3. The van der Waals surface area contributed by atoms with Crippen molar-refractivity contribution in [2.75, 3.05) is 19.5 Å². The van der Waals surface area contributed by atoms with Gasteiger partial charge in [0.2, 0.25) is 12.4 Å². The van der Waals surface area contributed by atoms with Gasteiger partial charge in [-0.2, -0.15) is 0 Å². The Morgan fingerprint density at radius 1 is 1.31 bits per heavy atom. The first-order valence-electron chi connectivity index (χ1n) is 4.60. The second-order valence-corrected chi connectivity index (χ2v) is 3.07. The molecule has 0 aliphatic heterocycles. The number of anilines is 1. The number of ether oxygens (including phenoxy) is 2. The van der Waals surface area contributed by atoms with E-state index < -0.39 is 0 Å². The van der Waals surface area contributed by atoms with E-state index >= 15 is 0 Å². The van der Waals surface area contributed by atoms with Gasteiger partial charge in [0.1, 0.15) is 0 Å². The number of H-pyrrole nitrogens is 1. The number of nitrogens with one attached hydrogen (secondary N) is 2. The minimum atomic E-state index is 0.389. The molecule has 0 aliphatic rings. The van der Waals surface area contributed by atoms with E-state index in [9.17, 15) is 4.79 Å². The van der Waals surface area contributed by atoms with Gasteiger partial charge in [0, 0.05) is 12.1 Å². The van der Waals surface area contributed by atoms with Gasteiger partial charge in [-0.3, -0.25) is 10.1 Å². The quantitative estimate of drug-likeness (QED) is 0.759. The molecule has 0 atom stereocenters. The highest BCUT2D eigenvalue weighted by molar-refractivity contribution is 5.83. The fraction of sp³-hybridized carbons (Fsp3) is 0.200. The van der Waals surface area contributed by atoms with Gasteiger partial charge in [0.15, 0.2) is 11.5 Å². The van der Waals surface area contributed by atoms with Crippen LogP contribution in [0.2, 0.25) is 0 Å². The molecule has 1 heterocycles. The summed E-state index contributed by atoms with van der Waals surface area (Å²) < 4.78 is 10.3. The molecular formula is C10H11N3O3. The fourth-order valence-corrected chi connectivity index (χ4v) is 1.46. The lowest BCUT2D eigenvalue weighted by molar-refractivity contribution is -0.105. The Bertz CT molecular complexity index is 480. The molecule has 6 nitrogen and oxygen atoms in total. The molecule has 0 bridgehead atoms. The summed E-state index contributed by atoms with van der Waals surface area (Å²) in [7, 11) is 3.12. The van der Waals surface area contributed by atoms with E-state index in [2.05, 4.69) is 15.3 Å². The third-order valence-electron chi connectivity index (χ3n) is 2.18. The van der Waals surface area contributed by atoms with Crippen LogP contribution in [-0.4, -0.2) is 30.6 Å². The third kappa shape index (κ3) is 1.65. The van der Waals surface area contributed by atoms with Crippen LogP contribution >= 0.6 is 0 Å². The van der Waals surface area contributed by atoms with E-state index in [0.717, 1.165) is 5.52 Å². The molecule has 84 valence electrons. The summed E-state index contributed by atoms with van der Waals surface area (Å²) in [6.45, 7) is 0. The second kappa shape index (κ2) is 4.09. The average molecular weight is 221 g/mol. The van der Waals surface area contributed by atoms with Crippen LogP contribution in [0.5, 0.6) is 11.5 Å². The second-order valence-electron chi connectivity index (χ2n) is 3.07. The van der Waals surface area contributed by atoms with Crippen molar-refractivity contribution in [3.05, 3.63) is 12.1 Å². The number of imidazole rings is 1. The first kappa shape index (κ1) is 10.3. The van der Waals surface area contributed by atoms with Crippen LogP contribution in [0, 0.1) is 0 Å². The van der Waals surface area contributed by atoms with Crippen LogP contribution in [0.15, 0.2) is 12.1 Å². The van der Waals surface area contributed by atoms with E-state index in [0.29, 0.717) is 29.4 Å². The van der Waals surface area contributed by atoms with E-state index in [-0.39, 0.29) is 0 Å². The summed E-state index contributed by atoms with van der Waals surface area (Å²) >= 11 is 0. The zero-order chi connectivity index (χ0) is 11.5. The van der Waals surface area contributed by atoms with Crippen LogP contribution < -0.4 is 14.8 Å². The van der Waals surface area contributed by atoms with E-state index in [1.54, 1.807) is 26.4 Å². The van der Waals surface area contributed by atoms with E-state index in [1.807, 2.05) is 0 Å². The molecule has 16 heavy (non-hydrogen) atoms. The summed E-state index contributed by atoms with van der Waals surface area (Å²) in [5.41, 5.74) is 1.46. The van der Waals surface area contributed by atoms with Crippen molar-refractivity contribution in [3.63, 3.8) is 0 Å². The van der Waals surface area contributed by atoms with Gasteiger partial charge in [-0.1, -0.05) is 0 Å². The van der Waals surface area contributed by atoms with Crippen molar-refractivity contribution in [1.82, 2.24) is 9.97 Å². The highest BCUT2D eigenvalue weighted by Crippen LogP contribution is 2.31. The summed E-state index contributed by atoms with van der Waals surface area (Å²) in [6.07, 6.45) is 0.562. The Labute approximate surface area is 91.6 Å². The van der Waals surface area contributed by atoms with Crippen molar-refractivity contribution in [2.24, 2.45) is 0 Å². The van der Waals surface area contributed by atoms with Crippen molar-refractivity contribution in [2.45, 2.75) is 0 Å². The number of hydrogen-bond acceptors (Lipinski definition) is 4. The van der Waals surface area contributed by atoms with Crippen molar-refractivity contribution < 1.29 is 14.3 Å². The average Bonchev–Trinajstić information content (AvgIpc) is 2.68. The number of nitrogens with zero attached hydrogens (tertiary/aromatic N) is 1. The zero-order valence-corrected chi connectivity index (χ0v) is 8.90. The topological polar surface area (TPSA) is 76.2 Å². The number of rotatable bonds is 4. The molecule has 1 aromatic heterocycles. The molecule has 0 unspecified atom stereocenters. The Hall–Kier alpha value is -2.24. The third-order valence-corrected chi connectivity index (χ3v) is 2.18. The number of hydrogen-bond donors (Lipinski definition) is 2. The summed E-state index contributed by atoms with van der Waals surface area (Å²) in [4.78, 5) is 17.4. The minimum Gasteiger partial charge on any atom is -0.493 e. The van der Waals surface area contributed by atoms with Crippen LogP contribution in [0.4, 0.5) is 5.95 Å². The molecule has 0 spiro atoms. The summed E-state index contributed by atoms with van der Waals surface area (Å²) in [5.74, 6) is 1.59. The van der Waals surface area contributed by atoms with Gasteiger partial charge >= 0.3 is 0 Å². The summed E-state index contributed by atoms with van der Waals surface area (Å²) in [5, 5.41) is 2.44. The lowest BCUT2D eigenvalue weighted by Gasteiger charge is -2.06. The van der Waals surface area contributed by atoms with Crippen LogP contribution in [-0.2, 0) is 4.79 Å². The number of aromatic nitrogens is 2.